The van der Waals surface area contributed by atoms with Crippen LogP contribution in [0.3, 0.4) is 0 Å². The number of carbonyl (C=O) groups is 1. The van der Waals surface area contributed by atoms with Gasteiger partial charge in [0.05, 0.1) is 5.52 Å². The van der Waals surface area contributed by atoms with Crippen molar-refractivity contribution >= 4 is 40.8 Å². The molecule has 0 unspecified atom stereocenters. The Morgan fingerprint density at radius 2 is 1.90 bits per heavy atom. The molecule has 3 rings (SSSR count). The average molecular weight is 304 g/mol. The number of oxazole rings is 1. The van der Waals surface area contributed by atoms with E-state index in [4.69, 9.17) is 28.2 Å². The molecule has 0 radical (unpaired) electrons. The summed E-state index contributed by atoms with van der Waals surface area (Å²) in [4.78, 5) is 12.7. The van der Waals surface area contributed by atoms with Crippen LogP contribution in [0.25, 0.3) is 11.1 Å². The minimum atomic E-state index is -0.226. The number of halogens is 1. The van der Waals surface area contributed by atoms with Crippen LogP contribution in [0, 0.1) is 11.8 Å². The first-order chi connectivity index (χ1) is 9.56. The number of hydrogen-bond acceptors (Lipinski definition) is 3. The molecular formula is C15H10ClNO2S. The Bertz CT molecular complexity index is 862. The van der Waals surface area contributed by atoms with Crippen molar-refractivity contribution in [2.24, 2.45) is 0 Å². The van der Waals surface area contributed by atoms with E-state index in [-0.39, 0.29) is 10.7 Å². The van der Waals surface area contributed by atoms with Crippen LogP contribution in [0.4, 0.5) is 0 Å². The topological polar surface area (TPSA) is 35.1 Å². The first-order valence-corrected chi connectivity index (χ1v) is 6.77. The number of rotatable bonds is 1. The monoisotopic (exact) mass is 303 g/mol. The highest BCUT2D eigenvalue weighted by Gasteiger charge is 2.15. The molecule has 0 amide bonds. The number of aryl methyl sites for hydroxylation is 1. The SMILES string of the molecule is Cc1ccc(C(=O)n2c(=S)oc3ccc(Cl)cc32)cc1. The van der Waals surface area contributed by atoms with Gasteiger partial charge in [-0.3, -0.25) is 4.79 Å². The Labute approximate surface area is 125 Å². The van der Waals surface area contributed by atoms with E-state index in [9.17, 15) is 4.79 Å². The third-order valence-electron chi connectivity index (χ3n) is 3.04. The Hall–Kier alpha value is -1.91. The third kappa shape index (κ3) is 2.17. The molecule has 3 aromatic rings. The first-order valence-electron chi connectivity index (χ1n) is 5.99. The number of carbonyl (C=O) groups excluding carboxylic acids is 1. The summed E-state index contributed by atoms with van der Waals surface area (Å²) in [5.41, 5.74) is 2.76. The number of hydrogen-bond donors (Lipinski definition) is 0. The van der Waals surface area contributed by atoms with Crippen molar-refractivity contribution in [1.29, 1.82) is 0 Å². The lowest BCUT2D eigenvalue weighted by atomic mass is 10.1. The molecule has 0 aliphatic heterocycles. The molecule has 0 spiro atoms. The van der Waals surface area contributed by atoms with E-state index in [1.54, 1.807) is 30.3 Å². The normalized spacial score (nSPS) is 10.9. The van der Waals surface area contributed by atoms with E-state index < -0.39 is 0 Å². The van der Waals surface area contributed by atoms with E-state index in [0.717, 1.165) is 5.56 Å². The standard InChI is InChI=1S/C15H10ClNO2S/c1-9-2-4-10(5-3-9)14(18)17-12-8-11(16)6-7-13(12)19-15(17)20/h2-8H,1H3. The summed E-state index contributed by atoms with van der Waals surface area (Å²) in [6, 6.07) is 12.4. The van der Waals surface area contributed by atoms with Crippen LogP contribution in [0.5, 0.6) is 0 Å². The molecule has 3 nitrogen and oxygen atoms in total. The summed E-state index contributed by atoms with van der Waals surface area (Å²) in [6.45, 7) is 1.97. The lowest BCUT2D eigenvalue weighted by molar-refractivity contribution is 0.0959. The molecule has 0 N–H and O–H groups in total. The molecule has 0 aliphatic rings. The van der Waals surface area contributed by atoms with E-state index in [0.29, 0.717) is 21.7 Å². The first kappa shape index (κ1) is 13.1. The highest BCUT2D eigenvalue weighted by molar-refractivity contribution is 7.71. The fourth-order valence-corrected chi connectivity index (χ4v) is 2.44. The minimum Gasteiger partial charge on any atom is -0.429 e. The second-order valence-corrected chi connectivity index (χ2v) is 5.27. The number of fused-ring (bicyclic) bond motifs is 1. The fraction of sp³-hybridized carbons (Fsp3) is 0.0667. The van der Waals surface area contributed by atoms with Crippen molar-refractivity contribution in [1.82, 2.24) is 4.57 Å². The second-order valence-electron chi connectivity index (χ2n) is 4.49. The molecule has 20 heavy (non-hydrogen) atoms. The Morgan fingerprint density at radius 3 is 2.60 bits per heavy atom. The van der Waals surface area contributed by atoms with Gasteiger partial charge >= 0.3 is 0 Å². The lowest BCUT2D eigenvalue weighted by Gasteiger charge is -2.03. The zero-order valence-electron chi connectivity index (χ0n) is 10.6. The zero-order valence-corrected chi connectivity index (χ0v) is 12.2. The summed E-state index contributed by atoms with van der Waals surface area (Å²) in [5, 5.41) is 0.527. The summed E-state index contributed by atoms with van der Waals surface area (Å²) >= 11 is 11.1. The molecular weight excluding hydrogens is 294 g/mol. The summed E-state index contributed by atoms with van der Waals surface area (Å²) in [7, 11) is 0. The second kappa shape index (κ2) is 4.89. The molecule has 1 aromatic heterocycles. The largest absolute Gasteiger partial charge is 0.429 e. The predicted octanol–water partition coefficient (Wildman–Crippen LogP) is 4.61. The van der Waals surface area contributed by atoms with Crippen LogP contribution < -0.4 is 0 Å². The summed E-state index contributed by atoms with van der Waals surface area (Å²) in [6.07, 6.45) is 0. The van der Waals surface area contributed by atoms with Crippen LogP contribution in [-0.2, 0) is 0 Å². The minimum absolute atomic E-state index is 0.118. The average Bonchev–Trinajstić information content (AvgIpc) is 2.74. The molecule has 0 fully saturated rings. The number of nitrogens with zero attached hydrogens (tertiary/aromatic N) is 1. The van der Waals surface area contributed by atoms with Gasteiger partial charge in [-0.25, -0.2) is 4.57 Å². The summed E-state index contributed by atoms with van der Waals surface area (Å²) in [5.74, 6) is -0.226. The molecule has 0 saturated carbocycles. The Kier molecular flexibility index (Phi) is 3.20. The Morgan fingerprint density at radius 1 is 1.20 bits per heavy atom. The number of aromatic nitrogens is 1. The van der Waals surface area contributed by atoms with Crippen LogP contribution >= 0.6 is 23.8 Å². The molecule has 0 atom stereocenters. The highest BCUT2D eigenvalue weighted by atomic mass is 35.5. The van der Waals surface area contributed by atoms with Gasteiger partial charge in [0.15, 0.2) is 5.58 Å². The van der Waals surface area contributed by atoms with Crippen molar-refractivity contribution in [2.75, 3.05) is 0 Å². The molecule has 2 aromatic carbocycles. The van der Waals surface area contributed by atoms with E-state index in [1.165, 1.54) is 4.57 Å². The van der Waals surface area contributed by atoms with Gasteiger partial charge in [0.1, 0.15) is 0 Å². The fourth-order valence-electron chi connectivity index (χ4n) is 2.01. The molecule has 5 heteroatoms. The maximum atomic E-state index is 12.6. The van der Waals surface area contributed by atoms with Crippen molar-refractivity contribution in [3.63, 3.8) is 0 Å². The van der Waals surface area contributed by atoms with Crippen LogP contribution in [-0.4, -0.2) is 10.5 Å². The van der Waals surface area contributed by atoms with Crippen molar-refractivity contribution < 1.29 is 9.21 Å². The predicted molar refractivity (Wildman–Crippen MR) is 81.0 cm³/mol. The van der Waals surface area contributed by atoms with Crippen molar-refractivity contribution in [3.8, 4) is 0 Å². The van der Waals surface area contributed by atoms with Gasteiger partial charge in [0.25, 0.3) is 10.7 Å². The number of benzene rings is 2. The van der Waals surface area contributed by atoms with E-state index in [2.05, 4.69) is 0 Å². The summed E-state index contributed by atoms with van der Waals surface area (Å²) < 4.78 is 6.78. The van der Waals surface area contributed by atoms with Gasteiger partial charge in [0.2, 0.25) is 0 Å². The van der Waals surface area contributed by atoms with Crippen LogP contribution in [0.1, 0.15) is 15.9 Å². The van der Waals surface area contributed by atoms with Gasteiger partial charge in [-0.05, 0) is 49.5 Å². The van der Waals surface area contributed by atoms with Gasteiger partial charge in [-0.2, -0.15) is 0 Å². The Balaban J connectivity index is 2.21. The van der Waals surface area contributed by atoms with Crippen molar-refractivity contribution in [2.45, 2.75) is 6.92 Å². The maximum absolute atomic E-state index is 12.6. The smallest absolute Gasteiger partial charge is 0.276 e. The highest BCUT2D eigenvalue weighted by Crippen LogP contribution is 2.22. The third-order valence-corrected chi connectivity index (χ3v) is 3.54. The molecule has 0 saturated heterocycles. The lowest BCUT2D eigenvalue weighted by Crippen LogP contribution is -2.11. The van der Waals surface area contributed by atoms with Gasteiger partial charge in [-0.15, -0.1) is 0 Å². The maximum Gasteiger partial charge on any atom is 0.276 e. The molecule has 1 heterocycles. The molecule has 0 bridgehead atoms. The van der Waals surface area contributed by atoms with Gasteiger partial charge in [0, 0.05) is 10.6 Å². The zero-order chi connectivity index (χ0) is 14.3. The van der Waals surface area contributed by atoms with Gasteiger partial charge in [-0.1, -0.05) is 29.3 Å². The van der Waals surface area contributed by atoms with Crippen LogP contribution in [0.2, 0.25) is 5.02 Å². The quantitative estimate of drug-likeness (QED) is 0.616. The van der Waals surface area contributed by atoms with Crippen molar-refractivity contribution in [3.05, 3.63) is 63.5 Å². The molecule has 100 valence electrons. The van der Waals surface area contributed by atoms with Gasteiger partial charge < -0.3 is 4.42 Å². The van der Waals surface area contributed by atoms with E-state index >= 15 is 0 Å². The van der Waals surface area contributed by atoms with Crippen LogP contribution in [0.15, 0.2) is 46.9 Å². The van der Waals surface area contributed by atoms with E-state index in [1.807, 2.05) is 19.1 Å². The molecule has 0 aliphatic carbocycles.